The third-order valence-electron chi connectivity index (χ3n) is 2.20. The summed E-state index contributed by atoms with van der Waals surface area (Å²) < 4.78 is 10.2. The zero-order valence-corrected chi connectivity index (χ0v) is 7.99. The van der Waals surface area contributed by atoms with Crippen LogP contribution in [0.3, 0.4) is 0 Å². The smallest absolute Gasteiger partial charge is 0.148 e. The van der Waals surface area contributed by atoms with Crippen LogP contribution in [0, 0.1) is 0 Å². The number of carbonyl (C=O) groups is 1. The second-order valence-electron chi connectivity index (χ2n) is 3.23. The topological polar surface area (TPSA) is 47.6 Å². The molecule has 1 aliphatic heterocycles. The van der Waals surface area contributed by atoms with Crippen molar-refractivity contribution in [3.8, 4) is 0 Å². The average Bonchev–Trinajstić information content (AvgIpc) is 2.19. The van der Waals surface area contributed by atoms with Crippen molar-refractivity contribution in [3.63, 3.8) is 0 Å². The molecule has 1 aliphatic rings. The average molecular weight is 187 g/mol. The van der Waals surface area contributed by atoms with Crippen molar-refractivity contribution in [1.82, 2.24) is 5.32 Å². The summed E-state index contributed by atoms with van der Waals surface area (Å²) in [7, 11) is 1.68. The van der Waals surface area contributed by atoms with Crippen LogP contribution in [0.4, 0.5) is 0 Å². The van der Waals surface area contributed by atoms with Crippen LogP contribution in [0.1, 0.15) is 12.8 Å². The lowest BCUT2D eigenvalue weighted by molar-refractivity contribution is -0.121. The molecule has 0 spiro atoms. The molecule has 0 aromatic heterocycles. The molecule has 0 aromatic carbocycles. The third-order valence-corrected chi connectivity index (χ3v) is 2.20. The molecule has 1 fully saturated rings. The van der Waals surface area contributed by atoms with Crippen LogP contribution in [0.15, 0.2) is 0 Å². The Labute approximate surface area is 78.6 Å². The Morgan fingerprint density at radius 3 is 3.00 bits per heavy atom. The molecule has 0 aromatic rings. The molecule has 4 heteroatoms. The molecule has 1 rings (SSSR count). The normalized spacial score (nSPS) is 28.7. The summed E-state index contributed by atoms with van der Waals surface area (Å²) in [5, 5.41) is 3.30. The van der Waals surface area contributed by atoms with Gasteiger partial charge in [-0.2, -0.15) is 0 Å². The van der Waals surface area contributed by atoms with E-state index in [1.54, 1.807) is 7.11 Å². The Bertz CT molecular complexity index is 144. The summed E-state index contributed by atoms with van der Waals surface area (Å²) in [6, 6.07) is 0.381. The van der Waals surface area contributed by atoms with E-state index in [2.05, 4.69) is 5.32 Å². The van der Waals surface area contributed by atoms with Crippen LogP contribution in [-0.2, 0) is 14.3 Å². The standard InChI is InChI=1S/C9H17NO3/c1-12-5-4-10-8-2-3-9(6-11)13-7-8/h6,8-10H,2-5,7H2,1H3/t8-,9+/m0/s1. The summed E-state index contributed by atoms with van der Waals surface area (Å²) in [5.41, 5.74) is 0. The number of hydrogen-bond donors (Lipinski definition) is 1. The first-order valence-corrected chi connectivity index (χ1v) is 4.66. The second kappa shape index (κ2) is 6.07. The van der Waals surface area contributed by atoms with E-state index < -0.39 is 0 Å². The molecule has 0 saturated carbocycles. The number of aldehydes is 1. The minimum absolute atomic E-state index is 0.180. The van der Waals surface area contributed by atoms with E-state index in [9.17, 15) is 4.79 Å². The van der Waals surface area contributed by atoms with Crippen molar-refractivity contribution in [1.29, 1.82) is 0 Å². The van der Waals surface area contributed by atoms with Gasteiger partial charge in [0.25, 0.3) is 0 Å². The summed E-state index contributed by atoms with van der Waals surface area (Å²) >= 11 is 0. The van der Waals surface area contributed by atoms with Crippen LogP contribution in [0.5, 0.6) is 0 Å². The minimum Gasteiger partial charge on any atom is -0.383 e. The van der Waals surface area contributed by atoms with Gasteiger partial charge in [-0.25, -0.2) is 0 Å². The van der Waals surface area contributed by atoms with Gasteiger partial charge in [-0.1, -0.05) is 0 Å². The summed E-state index contributed by atoms with van der Waals surface area (Å²) in [5.74, 6) is 0. The van der Waals surface area contributed by atoms with Crippen molar-refractivity contribution in [2.24, 2.45) is 0 Å². The number of carbonyl (C=O) groups excluding carboxylic acids is 1. The first kappa shape index (κ1) is 10.6. The Balaban J connectivity index is 2.07. The van der Waals surface area contributed by atoms with E-state index >= 15 is 0 Å². The molecule has 0 bridgehead atoms. The van der Waals surface area contributed by atoms with Gasteiger partial charge in [0.2, 0.25) is 0 Å². The van der Waals surface area contributed by atoms with Gasteiger partial charge in [-0.3, -0.25) is 0 Å². The fourth-order valence-corrected chi connectivity index (χ4v) is 1.41. The van der Waals surface area contributed by atoms with E-state index in [4.69, 9.17) is 9.47 Å². The van der Waals surface area contributed by atoms with Crippen molar-refractivity contribution in [2.75, 3.05) is 26.9 Å². The molecule has 0 amide bonds. The molecule has 0 aliphatic carbocycles. The van der Waals surface area contributed by atoms with E-state index in [0.29, 0.717) is 19.3 Å². The molecule has 1 heterocycles. The Morgan fingerprint density at radius 2 is 2.46 bits per heavy atom. The lowest BCUT2D eigenvalue weighted by Crippen LogP contribution is -2.41. The first-order valence-electron chi connectivity index (χ1n) is 4.66. The molecule has 13 heavy (non-hydrogen) atoms. The zero-order chi connectivity index (χ0) is 9.52. The zero-order valence-electron chi connectivity index (χ0n) is 7.99. The lowest BCUT2D eigenvalue weighted by atomic mass is 10.1. The number of rotatable bonds is 5. The fourth-order valence-electron chi connectivity index (χ4n) is 1.41. The van der Waals surface area contributed by atoms with Gasteiger partial charge in [0.15, 0.2) is 0 Å². The predicted octanol–water partition coefficient (Wildman–Crippen LogP) is -0.0311. The van der Waals surface area contributed by atoms with Gasteiger partial charge in [-0.05, 0) is 12.8 Å². The third kappa shape index (κ3) is 3.85. The molecule has 1 saturated heterocycles. The molecule has 1 N–H and O–H groups in total. The van der Waals surface area contributed by atoms with Gasteiger partial charge >= 0.3 is 0 Å². The van der Waals surface area contributed by atoms with Crippen LogP contribution in [-0.4, -0.2) is 45.3 Å². The molecule has 76 valence electrons. The van der Waals surface area contributed by atoms with Gasteiger partial charge in [0.1, 0.15) is 12.4 Å². The Kier molecular flexibility index (Phi) is 4.97. The van der Waals surface area contributed by atoms with Crippen LogP contribution >= 0.6 is 0 Å². The van der Waals surface area contributed by atoms with Crippen LogP contribution in [0.25, 0.3) is 0 Å². The van der Waals surface area contributed by atoms with E-state index in [1.807, 2.05) is 0 Å². The minimum atomic E-state index is -0.180. The summed E-state index contributed by atoms with van der Waals surface area (Å²) in [6.07, 6.45) is 2.53. The second-order valence-corrected chi connectivity index (χ2v) is 3.23. The fraction of sp³-hybridized carbons (Fsp3) is 0.889. The molecular formula is C9H17NO3. The summed E-state index contributed by atoms with van der Waals surface area (Å²) in [6.45, 7) is 2.19. The van der Waals surface area contributed by atoms with Crippen LogP contribution < -0.4 is 5.32 Å². The number of ether oxygens (including phenoxy) is 2. The molecule has 0 unspecified atom stereocenters. The highest BCUT2D eigenvalue weighted by Gasteiger charge is 2.20. The van der Waals surface area contributed by atoms with Gasteiger partial charge in [-0.15, -0.1) is 0 Å². The quantitative estimate of drug-likeness (QED) is 0.485. The number of nitrogens with one attached hydrogen (secondary N) is 1. The molecular weight excluding hydrogens is 170 g/mol. The van der Waals surface area contributed by atoms with E-state index in [1.165, 1.54) is 0 Å². The van der Waals surface area contributed by atoms with Crippen molar-refractivity contribution in [2.45, 2.75) is 25.0 Å². The number of methoxy groups -OCH3 is 1. The largest absolute Gasteiger partial charge is 0.383 e. The van der Waals surface area contributed by atoms with Gasteiger partial charge in [0, 0.05) is 19.7 Å². The number of hydrogen-bond acceptors (Lipinski definition) is 4. The summed E-state index contributed by atoms with van der Waals surface area (Å²) in [4.78, 5) is 10.4. The highest BCUT2D eigenvalue weighted by molar-refractivity contribution is 5.56. The van der Waals surface area contributed by atoms with E-state index in [0.717, 1.165) is 25.7 Å². The van der Waals surface area contributed by atoms with Gasteiger partial charge < -0.3 is 19.6 Å². The Hall–Kier alpha value is -0.450. The predicted molar refractivity (Wildman–Crippen MR) is 48.7 cm³/mol. The van der Waals surface area contributed by atoms with E-state index in [-0.39, 0.29) is 6.10 Å². The maximum atomic E-state index is 10.4. The van der Waals surface area contributed by atoms with Gasteiger partial charge in [0.05, 0.1) is 13.2 Å². The monoisotopic (exact) mass is 187 g/mol. The van der Waals surface area contributed by atoms with Crippen LogP contribution in [0.2, 0.25) is 0 Å². The molecule has 0 radical (unpaired) electrons. The van der Waals surface area contributed by atoms with Crippen molar-refractivity contribution >= 4 is 6.29 Å². The maximum absolute atomic E-state index is 10.4. The van der Waals surface area contributed by atoms with Crippen molar-refractivity contribution in [3.05, 3.63) is 0 Å². The Morgan fingerprint density at radius 1 is 1.62 bits per heavy atom. The molecule has 4 nitrogen and oxygen atoms in total. The SMILES string of the molecule is COCCN[C@H]1CC[C@H](C=O)OC1. The van der Waals surface area contributed by atoms with Crippen molar-refractivity contribution < 1.29 is 14.3 Å². The first-order chi connectivity index (χ1) is 6.36. The highest BCUT2D eigenvalue weighted by atomic mass is 16.5. The maximum Gasteiger partial charge on any atom is 0.148 e. The molecule has 2 atom stereocenters. The highest BCUT2D eigenvalue weighted by Crippen LogP contribution is 2.11. The lowest BCUT2D eigenvalue weighted by Gasteiger charge is -2.26.